The van der Waals surface area contributed by atoms with E-state index in [-0.39, 0.29) is 33.1 Å². The van der Waals surface area contributed by atoms with E-state index in [0.29, 0.717) is 13.0 Å². The Kier molecular flexibility index (Phi) is 10.4. The number of halogens is 2. The van der Waals surface area contributed by atoms with Gasteiger partial charge in [-0.05, 0) is 68.7 Å². The maximum Gasteiger partial charge on any atom is 0.264 e. The number of likely N-dealkylation sites (N-methyl/N-ethyl adjacent to an activating group) is 1. The predicted molar refractivity (Wildman–Crippen MR) is 157 cm³/mol. The van der Waals surface area contributed by atoms with Gasteiger partial charge in [0, 0.05) is 23.1 Å². The van der Waals surface area contributed by atoms with Crippen LogP contribution < -0.4 is 9.62 Å². The van der Waals surface area contributed by atoms with Crippen molar-refractivity contribution in [2.75, 3.05) is 17.4 Å². The highest BCUT2D eigenvalue weighted by Gasteiger charge is 2.34. The Balaban J connectivity index is 2.11. The minimum absolute atomic E-state index is 0.0122. The van der Waals surface area contributed by atoms with Gasteiger partial charge in [-0.1, -0.05) is 72.1 Å². The second-order valence-corrected chi connectivity index (χ2v) is 12.0. The van der Waals surface area contributed by atoms with Crippen LogP contribution in [0.5, 0.6) is 0 Å². The zero-order valence-corrected chi connectivity index (χ0v) is 24.8. The monoisotopic (exact) mass is 589 g/mol. The van der Waals surface area contributed by atoms with Gasteiger partial charge < -0.3 is 10.2 Å². The van der Waals surface area contributed by atoms with Gasteiger partial charge in [-0.3, -0.25) is 13.9 Å². The molecular weight excluding hydrogens is 557 g/mol. The summed E-state index contributed by atoms with van der Waals surface area (Å²) >= 11 is 12.5. The van der Waals surface area contributed by atoms with Crippen molar-refractivity contribution in [1.82, 2.24) is 10.2 Å². The number of hydrogen-bond acceptors (Lipinski definition) is 4. The third-order valence-electron chi connectivity index (χ3n) is 6.36. The Hall–Kier alpha value is -3.07. The smallest absolute Gasteiger partial charge is 0.264 e. The van der Waals surface area contributed by atoms with Crippen LogP contribution in [0.25, 0.3) is 0 Å². The molecule has 0 radical (unpaired) electrons. The van der Waals surface area contributed by atoms with Crippen LogP contribution >= 0.6 is 23.2 Å². The largest absolute Gasteiger partial charge is 0.355 e. The van der Waals surface area contributed by atoms with Crippen molar-refractivity contribution in [1.29, 1.82) is 0 Å². The maximum atomic E-state index is 14.0. The first-order valence-electron chi connectivity index (χ1n) is 12.6. The number of amides is 2. The molecule has 39 heavy (non-hydrogen) atoms. The molecule has 7 nitrogen and oxygen atoms in total. The van der Waals surface area contributed by atoms with Crippen LogP contribution in [-0.2, 0) is 26.2 Å². The summed E-state index contributed by atoms with van der Waals surface area (Å²) < 4.78 is 28.8. The second-order valence-electron chi connectivity index (χ2n) is 9.22. The normalized spacial score (nSPS) is 12.1. The SMILES string of the molecule is CCNC(=O)[C@H](CC)N(Cc1ccccc1C)C(=O)CN(c1cc(Cl)cc(Cl)c1)S(=O)(=O)c1ccc(C)cc1. The lowest BCUT2D eigenvalue weighted by molar-refractivity contribution is -0.140. The van der Waals surface area contributed by atoms with E-state index < -0.39 is 28.5 Å². The molecule has 0 heterocycles. The zero-order chi connectivity index (χ0) is 28.7. The maximum absolute atomic E-state index is 14.0. The average Bonchev–Trinajstić information content (AvgIpc) is 2.87. The van der Waals surface area contributed by atoms with Crippen LogP contribution in [0.3, 0.4) is 0 Å². The first-order valence-corrected chi connectivity index (χ1v) is 14.8. The molecule has 10 heteroatoms. The van der Waals surface area contributed by atoms with Gasteiger partial charge in [0.1, 0.15) is 12.6 Å². The quantitative estimate of drug-likeness (QED) is 0.308. The van der Waals surface area contributed by atoms with E-state index in [1.807, 2.05) is 45.0 Å². The molecule has 0 aliphatic rings. The average molecular weight is 591 g/mol. The van der Waals surface area contributed by atoms with E-state index in [2.05, 4.69) is 5.32 Å². The lowest BCUT2D eigenvalue weighted by atomic mass is 10.1. The van der Waals surface area contributed by atoms with Gasteiger partial charge in [0.15, 0.2) is 0 Å². The number of carbonyl (C=O) groups is 2. The Morgan fingerprint density at radius 1 is 0.923 bits per heavy atom. The third kappa shape index (κ3) is 7.53. The molecule has 0 unspecified atom stereocenters. The molecule has 3 aromatic rings. The Labute approximate surface area is 240 Å². The molecular formula is C29H33Cl2N3O4S. The second kappa shape index (κ2) is 13.3. The highest BCUT2D eigenvalue weighted by Crippen LogP contribution is 2.30. The molecule has 1 atom stereocenters. The first-order chi connectivity index (χ1) is 18.5. The number of nitrogens with zero attached hydrogens (tertiary/aromatic N) is 2. The van der Waals surface area contributed by atoms with Crippen LogP contribution in [0.1, 0.15) is 37.0 Å². The zero-order valence-electron chi connectivity index (χ0n) is 22.4. The molecule has 0 bridgehead atoms. The summed E-state index contributed by atoms with van der Waals surface area (Å²) in [6, 6.07) is 17.5. The lowest BCUT2D eigenvalue weighted by Crippen LogP contribution is -2.52. The van der Waals surface area contributed by atoms with Gasteiger partial charge in [-0.2, -0.15) is 0 Å². The van der Waals surface area contributed by atoms with Gasteiger partial charge in [-0.25, -0.2) is 8.42 Å². The van der Waals surface area contributed by atoms with Crippen LogP contribution in [-0.4, -0.2) is 44.3 Å². The predicted octanol–water partition coefficient (Wildman–Crippen LogP) is 5.75. The van der Waals surface area contributed by atoms with E-state index in [0.717, 1.165) is 21.0 Å². The van der Waals surface area contributed by atoms with E-state index in [9.17, 15) is 18.0 Å². The third-order valence-corrected chi connectivity index (χ3v) is 8.59. The fraction of sp³-hybridized carbons (Fsp3) is 0.310. The number of sulfonamides is 1. The molecule has 0 aromatic heterocycles. The van der Waals surface area contributed by atoms with Crippen molar-refractivity contribution in [2.24, 2.45) is 0 Å². The summed E-state index contributed by atoms with van der Waals surface area (Å²) in [6.07, 6.45) is 0.344. The van der Waals surface area contributed by atoms with Gasteiger partial charge in [0.25, 0.3) is 10.0 Å². The number of hydrogen-bond donors (Lipinski definition) is 1. The molecule has 0 saturated heterocycles. The first kappa shape index (κ1) is 30.5. The molecule has 0 aliphatic heterocycles. The van der Waals surface area contributed by atoms with E-state index in [1.54, 1.807) is 19.1 Å². The number of benzene rings is 3. The number of rotatable bonds is 11. The summed E-state index contributed by atoms with van der Waals surface area (Å²) in [7, 11) is -4.21. The summed E-state index contributed by atoms with van der Waals surface area (Å²) in [5.74, 6) is -0.844. The van der Waals surface area contributed by atoms with Gasteiger partial charge in [0.2, 0.25) is 11.8 Å². The Bertz CT molecular complexity index is 1410. The number of nitrogens with one attached hydrogen (secondary N) is 1. The molecule has 1 N–H and O–H groups in total. The number of anilines is 1. The molecule has 3 aromatic carbocycles. The summed E-state index contributed by atoms with van der Waals surface area (Å²) in [5.41, 5.74) is 2.84. The van der Waals surface area contributed by atoms with E-state index >= 15 is 0 Å². The van der Waals surface area contributed by atoms with Crippen molar-refractivity contribution in [3.05, 3.63) is 93.5 Å². The minimum atomic E-state index is -4.21. The molecule has 0 saturated carbocycles. The molecule has 0 fully saturated rings. The molecule has 2 amide bonds. The van der Waals surface area contributed by atoms with Crippen molar-refractivity contribution in [2.45, 2.75) is 51.6 Å². The van der Waals surface area contributed by atoms with Gasteiger partial charge in [0.05, 0.1) is 10.6 Å². The number of carbonyl (C=O) groups excluding carboxylic acids is 2. The molecule has 208 valence electrons. The summed E-state index contributed by atoms with van der Waals surface area (Å²) in [6.45, 7) is 7.37. The van der Waals surface area contributed by atoms with Crippen molar-refractivity contribution < 1.29 is 18.0 Å². The molecule has 3 rings (SSSR count). The van der Waals surface area contributed by atoms with Crippen molar-refractivity contribution in [3.8, 4) is 0 Å². The standard InChI is InChI=1S/C29H33Cl2N3O4S/c1-5-27(29(36)32-6-2)33(18-22-10-8-7-9-21(22)4)28(35)19-34(25-16-23(30)15-24(31)17-25)39(37,38)26-13-11-20(3)12-14-26/h7-17,27H,5-6,18-19H2,1-4H3,(H,32,36)/t27-/m0/s1. The van der Waals surface area contributed by atoms with E-state index in [1.165, 1.54) is 35.2 Å². The Morgan fingerprint density at radius 2 is 1.54 bits per heavy atom. The summed E-state index contributed by atoms with van der Waals surface area (Å²) in [4.78, 5) is 28.5. The van der Waals surface area contributed by atoms with Crippen molar-refractivity contribution in [3.63, 3.8) is 0 Å². The van der Waals surface area contributed by atoms with Gasteiger partial charge >= 0.3 is 0 Å². The topological polar surface area (TPSA) is 86.8 Å². The van der Waals surface area contributed by atoms with Crippen molar-refractivity contribution >= 4 is 50.7 Å². The van der Waals surface area contributed by atoms with Crippen LogP contribution in [0, 0.1) is 13.8 Å². The van der Waals surface area contributed by atoms with E-state index in [4.69, 9.17) is 23.2 Å². The fourth-order valence-electron chi connectivity index (χ4n) is 4.23. The fourth-order valence-corrected chi connectivity index (χ4v) is 6.14. The highest BCUT2D eigenvalue weighted by molar-refractivity contribution is 7.92. The van der Waals surface area contributed by atoms with Crippen LogP contribution in [0.4, 0.5) is 5.69 Å². The van der Waals surface area contributed by atoms with Crippen LogP contribution in [0.15, 0.2) is 71.6 Å². The molecule has 0 spiro atoms. The van der Waals surface area contributed by atoms with Crippen LogP contribution in [0.2, 0.25) is 10.0 Å². The van der Waals surface area contributed by atoms with Gasteiger partial charge in [-0.15, -0.1) is 0 Å². The minimum Gasteiger partial charge on any atom is -0.355 e. The number of aryl methyl sites for hydroxylation is 2. The molecule has 0 aliphatic carbocycles. The summed E-state index contributed by atoms with van der Waals surface area (Å²) in [5, 5.41) is 3.24. The lowest BCUT2D eigenvalue weighted by Gasteiger charge is -2.33. The highest BCUT2D eigenvalue weighted by atomic mass is 35.5. The Morgan fingerprint density at radius 3 is 2.10 bits per heavy atom.